The monoisotopic (exact) mass is 457 g/mol. The molecule has 34 heavy (non-hydrogen) atoms. The maximum absolute atomic E-state index is 12.7. The van der Waals surface area contributed by atoms with E-state index in [4.69, 9.17) is 9.47 Å². The van der Waals surface area contributed by atoms with Gasteiger partial charge in [0.1, 0.15) is 29.7 Å². The van der Waals surface area contributed by atoms with E-state index in [1.807, 2.05) is 32.0 Å². The van der Waals surface area contributed by atoms with Crippen LogP contribution in [-0.4, -0.2) is 17.9 Å². The molecular formula is C26H23N3O5. The van der Waals surface area contributed by atoms with E-state index < -0.39 is 10.8 Å². The minimum atomic E-state index is -0.550. The number of nitriles is 1. The van der Waals surface area contributed by atoms with Gasteiger partial charge in [0.15, 0.2) is 0 Å². The first-order chi connectivity index (χ1) is 16.3. The minimum Gasteiger partial charge on any atom is -0.497 e. The van der Waals surface area contributed by atoms with E-state index in [1.54, 1.807) is 36.4 Å². The smallest absolute Gasteiger partial charge is 0.269 e. The Morgan fingerprint density at radius 2 is 1.91 bits per heavy atom. The molecule has 0 radical (unpaired) electrons. The summed E-state index contributed by atoms with van der Waals surface area (Å²) < 4.78 is 11.1. The summed E-state index contributed by atoms with van der Waals surface area (Å²) in [5.74, 6) is 0.327. The van der Waals surface area contributed by atoms with Crippen LogP contribution >= 0.6 is 0 Å². The standard InChI is InChI=1S/C26H23N3O5/c1-17-7-9-22(11-18(17)2)28-26(30)21(15-27)13-20-8-10-24(33-3)14-25(20)34-16-19-5-4-6-23(12-19)29(31)32/h4-14H,16H2,1-3H3,(H,28,30)/b21-13+. The van der Waals surface area contributed by atoms with E-state index in [0.717, 1.165) is 11.1 Å². The molecule has 3 aromatic carbocycles. The summed E-state index contributed by atoms with van der Waals surface area (Å²) in [4.78, 5) is 23.3. The molecule has 1 amide bonds. The van der Waals surface area contributed by atoms with Crippen molar-refractivity contribution in [2.24, 2.45) is 0 Å². The summed E-state index contributed by atoms with van der Waals surface area (Å²) in [5.41, 5.74) is 3.64. The van der Waals surface area contributed by atoms with Gasteiger partial charge in [-0.25, -0.2) is 0 Å². The highest BCUT2D eigenvalue weighted by Gasteiger charge is 2.13. The normalized spacial score (nSPS) is 10.8. The van der Waals surface area contributed by atoms with Crippen molar-refractivity contribution < 1.29 is 19.2 Å². The summed E-state index contributed by atoms with van der Waals surface area (Å²) >= 11 is 0. The number of nitro groups is 1. The van der Waals surface area contributed by atoms with Crippen molar-refractivity contribution in [3.05, 3.63) is 98.6 Å². The third-order valence-electron chi connectivity index (χ3n) is 5.17. The SMILES string of the molecule is COc1ccc(/C=C(\C#N)C(=O)Nc2ccc(C)c(C)c2)c(OCc2cccc([N+](=O)[O-])c2)c1. The molecule has 0 heterocycles. The topological polar surface area (TPSA) is 114 Å². The third kappa shape index (κ3) is 5.99. The summed E-state index contributed by atoms with van der Waals surface area (Å²) in [6.45, 7) is 3.96. The second kappa shape index (κ2) is 10.8. The van der Waals surface area contributed by atoms with Gasteiger partial charge in [-0.15, -0.1) is 0 Å². The average molecular weight is 457 g/mol. The fourth-order valence-corrected chi connectivity index (χ4v) is 3.13. The van der Waals surface area contributed by atoms with E-state index in [1.165, 1.54) is 25.3 Å². The number of hydrogen-bond acceptors (Lipinski definition) is 6. The van der Waals surface area contributed by atoms with E-state index in [2.05, 4.69) is 5.32 Å². The number of ether oxygens (including phenoxy) is 2. The number of carbonyl (C=O) groups excluding carboxylic acids is 1. The van der Waals surface area contributed by atoms with Crippen molar-refractivity contribution in [3.63, 3.8) is 0 Å². The number of non-ortho nitro benzene ring substituents is 1. The molecule has 0 aliphatic heterocycles. The molecule has 0 aromatic heterocycles. The molecule has 0 saturated heterocycles. The predicted octanol–water partition coefficient (Wildman–Crippen LogP) is 5.34. The van der Waals surface area contributed by atoms with Gasteiger partial charge in [-0.1, -0.05) is 18.2 Å². The van der Waals surface area contributed by atoms with E-state index in [-0.39, 0.29) is 17.9 Å². The van der Waals surface area contributed by atoms with Crippen LogP contribution in [0.25, 0.3) is 6.08 Å². The summed E-state index contributed by atoms with van der Waals surface area (Å²) in [5, 5.41) is 23.4. The molecule has 8 nitrogen and oxygen atoms in total. The van der Waals surface area contributed by atoms with Crippen molar-refractivity contribution in [2.45, 2.75) is 20.5 Å². The Balaban J connectivity index is 1.86. The first-order valence-corrected chi connectivity index (χ1v) is 10.3. The maximum Gasteiger partial charge on any atom is 0.269 e. The molecule has 0 unspecified atom stereocenters. The van der Waals surface area contributed by atoms with Gasteiger partial charge < -0.3 is 14.8 Å². The lowest BCUT2D eigenvalue weighted by molar-refractivity contribution is -0.384. The number of nitrogens with zero attached hydrogens (tertiary/aromatic N) is 2. The van der Waals surface area contributed by atoms with Gasteiger partial charge in [-0.05, 0) is 60.9 Å². The van der Waals surface area contributed by atoms with Gasteiger partial charge in [0, 0.05) is 29.4 Å². The highest BCUT2D eigenvalue weighted by Crippen LogP contribution is 2.28. The first kappa shape index (κ1) is 24.0. The predicted molar refractivity (Wildman–Crippen MR) is 129 cm³/mol. The second-order valence-corrected chi connectivity index (χ2v) is 7.54. The number of aryl methyl sites for hydroxylation is 2. The molecular weight excluding hydrogens is 434 g/mol. The van der Waals surface area contributed by atoms with Crippen LogP contribution in [0.3, 0.4) is 0 Å². The molecule has 0 spiro atoms. The lowest BCUT2D eigenvalue weighted by Crippen LogP contribution is -2.13. The molecule has 3 aromatic rings. The van der Waals surface area contributed by atoms with Gasteiger partial charge in [0.05, 0.1) is 12.0 Å². The molecule has 3 rings (SSSR count). The van der Waals surface area contributed by atoms with Crippen LogP contribution in [0.15, 0.2) is 66.2 Å². The van der Waals surface area contributed by atoms with E-state index in [0.29, 0.717) is 28.3 Å². The van der Waals surface area contributed by atoms with Crippen molar-refractivity contribution in [3.8, 4) is 17.6 Å². The summed E-state index contributed by atoms with van der Waals surface area (Å²) in [6.07, 6.45) is 1.43. The van der Waals surface area contributed by atoms with Crippen molar-refractivity contribution >= 4 is 23.4 Å². The molecule has 8 heteroatoms. The lowest BCUT2D eigenvalue weighted by atomic mass is 10.1. The zero-order valence-electron chi connectivity index (χ0n) is 19.0. The number of nitrogens with one attached hydrogen (secondary N) is 1. The van der Waals surface area contributed by atoms with Gasteiger partial charge >= 0.3 is 0 Å². The molecule has 0 bridgehead atoms. The minimum absolute atomic E-state index is 0.0401. The van der Waals surface area contributed by atoms with Crippen LogP contribution < -0.4 is 14.8 Å². The Bertz CT molecular complexity index is 1310. The second-order valence-electron chi connectivity index (χ2n) is 7.54. The number of nitro benzene ring substituents is 1. The van der Waals surface area contributed by atoms with Gasteiger partial charge in [0.25, 0.3) is 11.6 Å². The molecule has 0 fully saturated rings. The Kier molecular flexibility index (Phi) is 7.62. The molecule has 172 valence electrons. The number of anilines is 1. The van der Waals surface area contributed by atoms with Crippen molar-refractivity contribution in [2.75, 3.05) is 12.4 Å². The zero-order chi connectivity index (χ0) is 24.7. The number of amides is 1. The Morgan fingerprint density at radius 3 is 2.59 bits per heavy atom. The zero-order valence-corrected chi connectivity index (χ0v) is 19.0. The summed E-state index contributed by atoms with van der Waals surface area (Å²) in [6, 6.07) is 18.5. The molecule has 0 aliphatic carbocycles. The van der Waals surface area contributed by atoms with Crippen LogP contribution in [0, 0.1) is 35.3 Å². The lowest BCUT2D eigenvalue weighted by Gasteiger charge is -2.12. The van der Waals surface area contributed by atoms with Crippen LogP contribution in [0.4, 0.5) is 11.4 Å². The first-order valence-electron chi connectivity index (χ1n) is 10.3. The average Bonchev–Trinajstić information content (AvgIpc) is 2.83. The fourth-order valence-electron chi connectivity index (χ4n) is 3.13. The van der Waals surface area contributed by atoms with Gasteiger partial charge in [0.2, 0.25) is 0 Å². The van der Waals surface area contributed by atoms with Crippen LogP contribution in [-0.2, 0) is 11.4 Å². The number of carbonyl (C=O) groups is 1. The van der Waals surface area contributed by atoms with Crippen molar-refractivity contribution in [1.82, 2.24) is 0 Å². The van der Waals surface area contributed by atoms with E-state index in [9.17, 15) is 20.2 Å². The van der Waals surface area contributed by atoms with Crippen molar-refractivity contribution in [1.29, 1.82) is 5.26 Å². The maximum atomic E-state index is 12.7. The van der Waals surface area contributed by atoms with Crippen LogP contribution in [0.2, 0.25) is 0 Å². The Labute approximate surface area is 197 Å². The molecule has 0 atom stereocenters. The van der Waals surface area contributed by atoms with Gasteiger partial charge in [-0.2, -0.15) is 5.26 Å². The number of methoxy groups -OCH3 is 1. The largest absolute Gasteiger partial charge is 0.497 e. The van der Waals surface area contributed by atoms with E-state index >= 15 is 0 Å². The molecule has 0 aliphatic rings. The Morgan fingerprint density at radius 1 is 1.12 bits per heavy atom. The Hall–Kier alpha value is -4.64. The van der Waals surface area contributed by atoms with Crippen LogP contribution in [0.1, 0.15) is 22.3 Å². The van der Waals surface area contributed by atoms with Crippen LogP contribution in [0.5, 0.6) is 11.5 Å². The number of benzene rings is 3. The highest BCUT2D eigenvalue weighted by molar-refractivity contribution is 6.09. The summed E-state index contributed by atoms with van der Waals surface area (Å²) in [7, 11) is 1.51. The quantitative estimate of drug-likeness (QED) is 0.211. The highest BCUT2D eigenvalue weighted by atomic mass is 16.6. The third-order valence-corrected chi connectivity index (χ3v) is 5.17. The number of rotatable bonds is 8. The fraction of sp³-hybridized carbons (Fsp3) is 0.154. The molecule has 1 N–H and O–H groups in total. The number of hydrogen-bond donors (Lipinski definition) is 1. The molecule has 0 saturated carbocycles. The van der Waals surface area contributed by atoms with Gasteiger partial charge in [-0.3, -0.25) is 14.9 Å².